The number of hydrogen-bond acceptors (Lipinski definition) is 3. The first-order valence-electron chi connectivity index (χ1n) is 6.51. The van der Waals surface area contributed by atoms with Gasteiger partial charge in [-0.2, -0.15) is 13.2 Å². The average molecular weight is 287 g/mol. The largest absolute Gasteiger partial charge is 0.507 e. The number of nitrogens with one attached hydrogen (secondary N) is 1. The van der Waals surface area contributed by atoms with E-state index in [-0.39, 0.29) is 25.1 Å². The number of phenols is 1. The van der Waals surface area contributed by atoms with Crippen LogP contribution in [0.2, 0.25) is 0 Å². The number of halogens is 3. The van der Waals surface area contributed by atoms with Crippen LogP contribution < -0.4 is 5.32 Å². The predicted octanol–water partition coefficient (Wildman–Crippen LogP) is 2.49. The minimum Gasteiger partial charge on any atom is -0.507 e. The number of phenolic OH excluding ortho intramolecular Hbond substituents is 1. The van der Waals surface area contributed by atoms with Gasteiger partial charge in [-0.3, -0.25) is 4.79 Å². The molecule has 0 aromatic heterocycles. The van der Waals surface area contributed by atoms with Crippen molar-refractivity contribution in [2.24, 2.45) is 0 Å². The van der Waals surface area contributed by atoms with Gasteiger partial charge in [0.1, 0.15) is 5.75 Å². The zero-order chi connectivity index (χ0) is 14.9. The second-order valence-electron chi connectivity index (χ2n) is 4.90. The highest BCUT2D eigenvalue weighted by Crippen LogP contribution is 2.31. The molecule has 3 nitrogen and oxygen atoms in total. The molecule has 20 heavy (non-hydrogen) atoms. The van der Waals surface area contributed by atoms with E-state index in [1.807, 2.05) is 6.92 Å². The van der Waals surface area contributed by atoms with Crippen molar-refractivity contribution in [3.8, 4) is 5.75 Å². The van der Waals surface area contributed by atoms with Crippen molar-refractivity contribution >= 4 is 5.78 Å². The molecule has 0 saturated carbocycles. The first kappa shape index (κ1) is 14.8. The van der Waals surface area contributed by atoms with Gasteiger partial charge in [0.25, 0.3) is 5.78 Å². The van der Waals surface area contributed by atoms with Crippen LogP contribution in [-0.2, 0) is 24.2 Å². The second-order valence-corrected chi connectivity index (χ2v) is 4.90. The number of benzene rings is 1. The Morgan fingerprint density at radius 1 is 1.45 bits per heavy atom. The van der Waals surface area contributed by atoms with Gasteiger partial charge < -0.3 is 10.4 Å². The Labute approximate surface area is 114 Å². The van der Waals surface area contributed by atoms with Crippen LogP contribution in [0.25, 0.3) is 0 Å². The minimum atomic E-state index is -4.83. The predicted molar refractivity (Wildman–Crippen MR) is 67.5 cm³/mol. The van der Waals surface area contributed by atoms with E-state index in [1.54, 1.807) is 12.1 Å². The van der Waals surface area contributed by atoms with Gasteiger partial charge in [-0.25, -0.2) is 0 Å². The van der Waals surface area contributed by atoms with Gasteiger partial charge in [0.2, 0.25) is 0 Å². The number of rotatable bonds is 2. The molecule has 1 atom stereocenters. The monoisotopic (exact) mass is 287 g/mol. The Morgan fingerprint density at radius 3 is 2.75 bits per heavy atom. The van der Waals surface area contributed by atoms with Crippen LogP contribution in [-0.4, -0.2) is 23.1 Å². The minimum absolute atomic E-state index is 0.0338. The number of aryl methyl sites for hydroxylation is 1. The summed E-state index contributed by atoms with van der Waals surface area (Å²) in [6.07, 6.45) is -3.89. The molecular formula is C14H16F3NO2. The van der Waals surface area contributed by atoms with E-state index in [0.29, 0.717) is 12.0 Å². The standard InChI is InChI=1S/C14H16F3NO2/c1-2-8-3-4-9-7-18-11(13(20)14(15,16)17)6-5-10(9)12(8)19/h3-4,11,18-19H,2,5-7H2,1H3. The normalized spacial score (nSPS) is 19.3. The Balaban J connectivity index is 2.23. The molecule has 0 aliphatic carbocycles. The number of fused-ring (bicyclic) bond motifs is 1. The lowest BCUT2D eigenvalue weighted by atomic mass is 9.97. The SMILES string of the molecule is CCc1ccc2c(c1O)CCC(C(=O)C(F)(F)F)NC2. The van der Waals surface area contributed by atoms with Gasteiger partial charge in [0.05, 0.1) is 6.04 Å². The molecule has 0 spiro atoms. The van der Waals surface area contributed by atoms with Crippen molar-refractivity contribution in [2.45, 2.75) is 44.9 Å². The van der Waals surface area contributed by atoms with Crippen LogP contribution in [0.3, 0.4) is 0 Å². The van der Waals surface area contributed by atoms with Crippen LogP contribution in [0.4, 0.5) is 13.2 Å². The lowest BCUT2D eigenvalue weighted by molar-refractivity contribution is -0.173. The summed E-state index contributed by atoms with van der Waals surface area (Å²) in [4.78, 5) is 11.3. The Hall–Kier alpha value is -1.56. The number of Topliss-reactive ketones (excluding diaryl/α,β-unsaturated/α-hetero) is 1. The van der Waals surface area contributed by atoms with E-state index in [1.165, 1.54) is 0 Å². The summed E-state index contributed by atoms with van der Waals surface area (Å²) in [5.41, 5.74) is 2.16. The van der Waals surface area contributed by atoms with E-state index >= 15 is 0 Å². The van der Waals surface area contributed by atoms with Gasteiger partial charge in [0, 0.05) is 6.54 Å². The fourth-order valence-electron chi connectivity index (χ4n) is 2.50. The molecule has 110 valence electrons. The molecular weight excluding hydrogens is 271 g/mol. The lowest BCUT2D eigenvalue weighted by Crippen LogP contribution is -2.43. The molecule has 1 aromatic rings. The molecule has 2 rings (SSSR count). The molecule has 0 saturated heterocycles. The number of ketones is 1. The van der Waals surface area contributed by atoms with Crippen molar-refractivity contribution in [1.29, 1.82) is 0 Å². The van der Waals surface area contributed by atoms with Crippen LogP contribution >= 0.6 is 0 Å². The van der Waals surface area contributed by atoms with Crippen molar-refractivity contribution < 1.29 is 23.1 Å². The van der Waals surface area contributed by atoms with Crippen LogP contribution in [0.15, 0.2) is 12.1 Å². The molecule has 0 fully saturated rings. The molecule has 1 aliphatic heterocycles. The van der Waals surface area contributed by atoms with Crippen LogP contribution in [0, 0.1) is 0 Å². The molecule has 6 heteroatoms. The van der Waals surface area contributed by atoms with Gasteiger partial charge in [-0.05, 0) is 36.0 Å². The fraction of sp³-hybridized carbons (Fsp3) is 0.500. The van der Waals surface area contributed by atoms with Crippen molar-refractivity contribution in [2.75, 3.05) is 0 Å². The summed E-state index contributed by atoms with van der Waals surface area (Å²) in [5, 5.41) is 12.7. The van der Waals surface area contributed by atoms with E-state index in [9.17, 15) is 23.1 Å². The number of carbonyl (C=O) groups is 1. The molecule has 1 aromatic carbocycles. The maximum atomic E-state index is 12.5. The first-order chi connectivity index (χ1) is 9.34. The maximum absolute atomic E-state index is 12.5. The Bertz CT molecular complexity index is 526. The Kier molecular flexibility index (Phi) is 4.04. The third-order valence-electron chi connectivity index (χ3n) is 3.66. The van der Waals surface area contributed by atoms with E-state index < -0.39 is 18.0 Å². The van der Waals surface area contributed by atoms with Crippen molar-refractivity contribution in [3.63, 3.8) is 0 Å². The van der Waals surface area contributed by atoms with Gasteiger partial charge in [0.15, 0.2) is 0 Å². The number of carbonyl (C=O) groups excluding carboxylic acids is 1. The third kappa shape index (κ3) is 2.80. The number of hydrogen-bond donors (Lipinski definition) is 2. The molecule has 1 aliphatic rings. The van der Waals surface area contributed by atoms with E-state index in [0.717, 1.165) is 11.1 Å². The fourth-order valence-corrected chi connectivity index (χ4v) is 2.50. The van der Waals surface area contributed by atoms with Crippen molar-refractivity contribution in [3.05, 3.63) is 28.8 Å². The number of alkyl halides is 3. The van der Waals surface area contributed by atoms with E-state index in [4.69, 9.17) is 0 Å². The summed E-state index contributed by atoms with van der Waals surface area (Å²) >= 11 is 0. The smallest absolute Gasteiger partial charge is 0.451 e. The van der Waals surface area contributed by atoms with Gasteiger partial charge in [-0.15, -0.1) is 0 Å². The summed E-state index contributed by atoms with van der Waals surface area (Å²) in [6, 6.07) is 2.31. The second kappa shape index (κ2) is 5.44. The Morgan fingerprint density at radius 2 is 2.15 bits per heavy atom. The van der Waals surface area contributed by atoms with Gasteiger partial charge in [-0.1, -0.05) is 19.1 Å². The van der Waals surface area contributed by atoms with E-state index in [2.05, 4.69) is 5.32 Å². The maximum Gasteiger partial charge on any atom is 0.451 e. The summed E-state index contributed by atoms with van der Waals surface area (Å²) in [5.74, 6) is -1.60. The molecule has 0 amide bonds. The molecule has 0 bridgehead atoms. The lowest BCUT2D eigenvalue weighted by Gasteiger charge is -2.15. The zero-order valence-corrected chi connectivity index (χ0v) is 11.0. The molecule has 1 heterocycles. The van der Waals surface area contributed by atoms with Crippen LogP contribution in [0.5, 0.6) is 5.75 Å². The van der Waals surface area contributed by atoms with Crippen LogP contribution in [0.1, 0.15) is 30.0 Å². The average Bonchev–Trinajstić information content (AvgIpc) is 2.60. The summed E-state index contributed by atoms with van der Waals surface area (Å²) in [6.45, 7) is 2.05. The highest BCUT2D eigenvalue weighted by Gasteiger charge is 2.43. The summed E-state index contributed by atoms with van der Waals surface area (Å²) in [7, 11) is 0. The number of aromatic hydroxyl groups is 1. The quantitative estimate of drug-likeness (QED) is 0.878. The topological polar surface area (TPSA) is 49.3 Å². The van der Waals surface area contributed by atoms with Gasteiger partial charge >= 0.3 is 6.18 Å². The molecule has 1 unspecified atom stereocenters. The highest BCUT2D eigenvalue weighted by atomic mass is 19.4. The zero-order valence-electron chi connectivity index (χ0n) is 11.0. The highest BCUT2D eigenvalue weighted by molar-refractivity contribution is 5.89. The molecule has 0 radical (unpaired) electrons. The third-order valence-corrected chi connectivity index (χ3v) is 3.66. The summed E-state index contributed by atoms with van der Waals surface area (Å²) < 4.78 is 37.4. The first-order valence-corrected chi connectivity index (χ1v) is 6.51. The molecule has 2 N–H and O–H groups in total. The van der Waals surface area contributed by atoms with Crippen molar-refractivity contribution in [1.82, 2.24) is 5.32 Å².